The molecule has 0 fully saturated rings. The van der Waals surface area contributed by atoms with Crippen molar-refractivity contribution in [2.75, 3.05) is 5.32 Å². The number of rotatable bonds is 5. The minimum Gasteiger partial charge on any atom is -0.322 e. The Balaban J connectivity index is 1.49. The average Bonchev–Trinajstić information content (AvgIpc) is 3.24. The van der Waals surface area contributed by atoms with Crippen LogP contribution in [0.2, 0.25) is 0 Å². The predicted octanol–water partition coefficient (Wildman–Crippen LogP) is 6.25. The standard InChI is InChI=1S/C24H19N3O3S/c1-15-5-3-4-6-20(15)24-26-21(14-31-24)17-7-10-19(11-8-17)25-23(28)18-9-12-22(27(29)30)16(2)13-18/h3-14H,1-2H3,(H,25,28). The van der Waals surface area contributed by atoms with E-state index in [4.69, 9.17) is 4.98 Å². The summed E-state index contributed by atoms with van der Waals surface area (Å²) in [4.78, 5) is 27.7. The molecule has 1 heterocycles. The molecule has 154 valence electrons. The summed E-state index contributed by atoms with van der Waals surface area (Å²) < 4.78 is 0. The minimum absolute atomic E-state index is 0.00534. The second-order valence-corrected chi connectivity index (χ2v) is 8.00. The fourth-order valence-corrected chi connectivity index (χ4v) is 4.19. The van der Waals surface area contributed by atoms with E-state index in [-0.39, 0.29) is 11.6 Å². The molecule has 0 saturated carbocycles. The van der Waals surface area contributed by atoms with Gasteiger partial charge in [-0.15, -0.1) is 11.3 Å². The van der Waals surface area contributed by atoms with Crippen molar-refractivity contribution in [3.63, 3.8) is 0 Å². The molecule has 1 N–H and O–H groups in total. The van der Waals surface area contributed by atoms with Crippen LogP contribution in [0.25, 0.3) is 21.8 Å². The van der Waals surface area contributed by atoms with Crippen molar-refractivity contribution in [2.45, 2.75) is 13.8 Å². The number of anilines is 1. The van der Waals surface area contributed by atoms with Crippen LogP contribution in [0.4, 0.5) is 11.4 Å². The molecule has 0 aliphatic heterocycles. The molecule has 7 heteroatoms. The maximum absolute atomic E-state index is 12.5. The largest absolute Gasteiger partial charge is 0.322 e. The first-order valence-corrected chi connectivity index (χ1v) is 10.5. The molecule has 0 atom stereocenters. The van der Waals surface area contributed by atoms with E-state index >= 15 is 0 Å². The van der Waals surface area contributed by atoms with E-state index in [2.05, 4.69) is 24.4 Å². The summed E-state index contributed by atoms with van der Waals surface area (Å²) in [5.74, 6) is -0.318. The maximum Gasteiger partial charge on any atom is 0.272 e. The Morgan fingerprint density at radius 1 is 1.00 bits per heavy atom. The number of hydrogen-bond donors (Lipinski definition) is 1. The van der Waals surface area contributed by atoms with Crippen LogP contribution >= 0.6 is 11.3 Å². The third-order valence-corrected chi connectivity index (χ3v) is 5.85. The smallest absolute Gasteiger partial charge is 0.272 e. The lowest BCUT2D eigenvalue weighted by molar-refractivity contribution is -0.385. The predicted molar refractivity (Wildman–Crippen MR) is 124 cm³/mol. The van der Waals surface area contributed by atoms with E-state index in [1.165, 1.54) is 23.8 Å². The summed E-state index contributed by atoms with van der Waals surface area (Å²) in [6, 6.07) is 19.9. The van der Waals surface area contributed by atoms with Gasteiger partial charge in [0.15, 0.2) is 0 Å². The Morgan fingerprint density at radius 3 is 2.42 bits per heavy atom. The van der Waals surface area contributed by atoms with Gasteiger partial charge in [-0.1, -0.05) is 36.4 Å². The fraction of sp³-hybridized carbons (Fsp3) is 0.0833. The number of nitrogens with one attached hydrogen (secondary N) is 1. The number of nitro benzene ring substituents is 1. The quantitative estimate of drug-likeness (QED) is 0.300. The number of carbonyl (C=O) groups is 1. The molecule has 6 nitrogen and oxygen atoms in total. The number of benzene rings is 3. The second kappa shape index (κ2) is 8.49. The highest BCUT2D eigenvalue weighted by Gasteiger charge is 2.14. The van der Waals surface area contributed by atoms with E-state index < -0.39 is 4.92 Å². The van der Waals surface area contributed by atoms with Gasteiger partial charge in [0.2, 0.25) is 0 Å². The molecule has 0 saturated heterocycles. The van der Waals surface area contributed by atoms with Crippen molar-refractivity contribution < 1.29 is 9.72 Å². The summed E-state index contributed by atoms with van der Waals surface area (Å²) in [7, 11) is 0. The molecule has 4 aromatic rings. The molecule has 0 aliphatic rings. The molecule has 0 radical (unpaired) electrons. The zero-order valence-electron chi connectivity index (χ0n) is 17.0. The van der Waals surface area contributed by atoms with Crippen molar-refractivity contribution in [1.82, 2.24) is 4.98 Å². The van der Waals surface area contributed by atoms with Crippen LogP contribution < -0.4 is 5.32 Å². The van der Waals surface area contributed by atoms with Gasteiger partial charge in [-0.25, -0.2) is 4.98 Å². The van der Waals surface area contributed by atoms with Gasteiger partial charge >= 0.3 is 0 Å². The average molecular weight is 430 g/mol. The van der Waals surface area contributed by atoms with Crippen molar-refractivity contribution >= 4 is 28.6 Å². The van der Waals surface area contributed by atoms with Gasteiger partial charge in [-0.3, -0.25) is 14.9 Å². The van der Waals surface area contributed by atoms with Crippen molar-refractivity contribution in [1.29, 1.82) is 0 Å². The number of amides is 1. The molecule has 0 spiro atoms. The second-order valence-electron chi connectivity index (χ2n) is 7.14. The van der Waals surface area contributed by atoms with Gasteiger partial charge in [0, 0.05) is 39.4 Å². The Kier molecular flexibility index (Phi) is 5.60. The topological polar surface area (TPSA) is 85.1 Å². The first-order chi connectivity index (χ1) is 14.9. The number of nitro groups is 1. The van der Waals surface area contributed by atoms with Crippen LogP contribution in [-0.2, 0) is 0 Å². The maximum atomic E-state index is 12.5. The molecule has 4 rings (SSSR count). The first kappa shape index (κ1) is 20.4. The number of carbonyl (C=O) groups excluding carboxylic acids is 1. The Bertz CT molecular complexity index is 1280. The molecule has 1 aromatic heterocycles. The number of hydrogen-bond acceptors (Lipinski definition) is 5. The van der Waals surface area contributed by atoms with Gasteiger partial charge < -0.3 is 5.32 Å². The Labute approximate surface area is 183 Å². The molecule has 0 unspecified atom stereocenters. The highest BCUT2D eigenvalue weighted by molar-refractivity contribution is 7.13. The molecule has 1 amide bonds. The normalized spacial score (nSPS) is 10.6. The number of thiazole rings is 1. The van der Waals surface area contributed by atoms with Gasteiger partial charge in [0.25, 0.3) is 11.6 Å². The lowest BCUT2D eigenvalue weighted by Crippen LogP contribution is -2.12. The first-order valence-electron chi connectivity index (χ1n) is 9.61. The summed E-state index contributed by atoms with van der Waals surface area (Å²) in [5.41, 5.74) is 5.60. The van der Waals surface area contributed by atoms with Gasteiger partial charge in [-0.2, -0.15) is 0 Å². The number of aryl methyl sites for hydroxylation is 2. The van der Waals surface area contributed by atoms with Crippen LogP contribution in [-0.4, -0.2) is 15.8 Å². The molecular formula is C24H19N3O3S. The van der Waals surface area contributed by atoms with Crippen molar-refractivity contribution in [3.05, 3.63) is 98.9 Å². The third kappa shape index (κ3) is 4.36. The van der Waals surface area contributed by atoms with Crippen LogP contribution in [0.15, 0.2) is 72.1 Å². The summed E-state index contributed by atoms with van der Waals surface area (Å²) in [5, 5.41) is 16.8. The van der Waals surface area contributed by atoms with Crippen LogP contribution in [0.1, 0.15) is 21.5 Å². The van der Waals surface area contributed by atoms with E-state index in [0.29, 0.717) is 16.8 Å². The molecular weight excluding hydrogens is 410 g/mol. The van der Waals surface area contributed by atoms with Crippen LogP contribution in [0, 0.1) is 24.0 Å². The molecule has 3 aromatic carbocycles. The van der Waals surface area contributed by atoms with Gasteiger partial charge in [-0.05, 0) is 43.7 Å². The SMILES string of the molecule is Cc1ccccc1-c1nc(-c2ccc(NC(=O)c3ccc([N+](=O)[O-])c(C)c3)cc2)cs1. The molecule has 31 heavy (non-hydrogen) atoms. The van der Waals surface area contributed by atoms with E-state index in [9.17, 15) is 14.9 Å². The molecule has 0 bridgehead atoms. The van der Waals surface area contributed by atoms with Gasteiger partial charge in [0.1, 0.15) is 5.01 Å². The lowest BCUT2D eigenvalue weighted by Gasteiger charge is -2.07. The Morgan fingerprint density at radius 2 is 1.74 bits per heavy atom. The lowest BCUT2D eigenvalue weighted by atomic mass is 10.1. The monoisotopic (exact) mass is 429 g/mol. The third-order valence-electron chi connectivity index (χ3n) is 4.97. The number of nitrogens with zero attached hydrogens (tertiary/aromatic N) is 2. The fourth-order valence-electron chi connectivity index (χ4n) is 3.27. The highest BCUT2D eigenvalue weighted by Crippen LogP contribution is 2.31. The highest BCUT2D eigenvalue weighted by atomic mass is 32.1. The summed E-state index contributed by atoms with van der Waals surface area (Å²) >= 11 is 1.60. The van der Waals surface area contributed by atoms with E-state index in [0.717, 1.165) is 21.8 Å². The Hall–Kier alpha value is -3.84. The van der Waals surface area contributed by atoms with Crippen LogP contribution in [0.3, 0.4) is 0 Å². The van der Waals surface area contributed by atoms with Crippen molar-refractivity contribution in [2.24, 2.45) is 0 Å². The van der Waals surface area contributed by atoms with E-state index in [1.54, 1.807) is 18.3 Å². The van der Waals surface area contributed by atoms with E-state index in [1.807, 2.05) is 41.8 Å². The van der Waals surface area contributed by atoms with Crippen molar-refractivity contribution in [3.8, 4) is 21.8 Å². The zero-order chi connectivity index (χ0) is 22.0. The van der Waals surface area contributed by atoms with Gasteiger partial charge in [0.05, 0.1) is 10.6 Å². The minimum atomic E-state index is -0.460. The van der Waals surface area contributed by atoms with Crippen LogP contribution in [0.5, 0.6) is 0 Å². The summed E-state index contributed by atoms with van der Waals surface area (Å²) in [6.45, 7) is 3.68. The number of aromatic nitrogens is 1. The molecule has 0 aliphatic carbocycles. The summed E-state index contributed by atoms with van der Waals surface area (Å²) in [6.07, 6.45) is 0. The zero-order valence-corrected chi connectivity index (χ0v) is 17.8.